The minimum atomic E-state index is -4.92. The van der Waals surface area contributed by atoms with Gasteiger partial charge in [0.25, 0.3) is 5.91 Å². The van der Waals surface area contributed by atoms with Gasteiger partial charge in [0.15, 0.2) is 0 Å². The number of allylic oxidation sites excluding steroid dienone is 1. The summed E-state index contributed by atoms with van der Waals surface area (Å²) in [5.41, 5.74) is -4.05. The fourth-order valence-electron chi connectivity index (χ4n) is 8.08. The molecule has 0 bridgehead atoms. The number of sulfonamides is 1. The van der Waals surface area contributed by atoms with Crippen LogP contribution in [-0.4, -0.2) is 106 Å². The molecule has 7 rings (SSSR count). The zero-order chi connectivity index (χ0) is 44.8. The van der Waals surface area contributed by atoms with Crippen LogP contribution in [0.2, 0.25) is 0 Å². The van der Waals surface area contributed by atoms with Crippen LogP contribution in [0.4, 0.5) is 18.0 Å². The van der Waals surface area contributed by atoms with E-state index in [1.807, 2.05) is 6.08 Å². The van der Waals surface area contributed by atoms with Crippen LogP contribution in [0.1, 0.15) is 85.5 Å². The van der Waals surface area contributed by atoms with E-state index in [9.17, 15) is 40.8 Å². The topological polar surface area (TPSA) is 200 Å². The Morgan fingerprint density at radius 3 is 2.53 bits per heavy atom. The number of halogens is 3. The van der Waals surface area contributed by atoms with E-state index < -0.39 is 85.9 Å². The van der Waals surface area contributed by atoms with Gasteiger partial charge in [0.1, 0.15) is 47.4 Å². The lowest BCUT2D eigenvalue weighted by Crippen LogP contribution is -2.60. The van der Waals surface area contributed by atoms with E-state index in [-0.39, 0.29) is 19.4 Å². The number of rotatable bonds is 10. The van der Waals surface area contributed by atoms with Crippen LogP contribution in [0, 0.1) is 11.8 Å². The maximum atomic E-state index is 15.0. The van der Waals surface area contributed by atoms with Crippen molar-refractivity contribution < 1.29 is 55.0 Å². The molecule has 62 heavy (non-hydrogen) atoms. The van der Waals surface area contributed by atoms with Gasteiger partial charge >= 0.3 is 12.3 Å². The van der Waals surface area contributed by atoms with E-state index in [1.54, 1.807) is 60.6 Å². The van der Waals surface area contributed by atoms with Gasteiger partial charge in [0.2, 0.25) is 27.4 Å². The molecule has 6 atom stereocenters. The predicted octanol–water partition coefficient (Wildman–Crippen LogP) is 5.24. The standard InChI is InChI=1S/C42H52F3N7O9S/c1-6-25-11-9-7-8-10-12-26-22-41(26,37(55)50-62(57,58)40(4)15-16-40)49-35(53)31-20-28(23-52(31)36(54)34(25)48-38(56)61-39(2,3)42(43,44)45)60-32-21-33(51-18-17-46-24-51)47-30-19-27(59-5)13-14-29(30)32/h10,12-14,17-19,21,24-26,28,31,34H,6-9,11,15-16,20,22-23H2,1-5H3,(H,48,56)(H,49,53)(H,50,55)/b12-10-/t25-,26-,28-,31+,34+,41-/m1/s1. The summed E-state index contributed by atoms with van der Waals surface area (Å²) < 4.78 is 87.7. The number of ether oxygens (including phenoxy) is 3. The Kier molecular flexibility index (Phi) is 12.0. The molecule has 3 aromatic rings. The van der Waals surface area contributed by atoms with Crippen LogP contribution in [-0.2, 0) is 29.1 Å². The molecule has 4 amide bonds. The molecule has 2 aliphatic heterocycles. The molecule has 0 spiro atoms. The van der Waals surface area contributed by atoms with Crippen LogP contribution in [0.3, 0.4) is 0 Å². The summed E-state index contributed by atoms with van der Waals surface area (Å²) in [7, 11) is -2.58. The molecule has 1 saturated heterocycles. The van der Waals surface area contributed by atoms with Gasteiger partial charge in [-0.1, -0.05) is 31.9 Å². The minimum Gasteiger partial charge on any atom is -0.497 e. The third-order valence-electron chi connectivity index (χ3n) is 12.6. The number of hydrogen-bond acceptors (Lipinski definition) is 11. The van der Waals surface area contributed by atoms with Crippen LogP contribution in [0.25, 0.3) is 16.7 Å². The minimum absolute atomic E-state index is 0.0975. The first kappa shape index (κ1) is 44.6. The summed E-state index contributed by atoms with van der Waals surface area (Å²) >= 11 is 0. The van der Waals surface area contributed by atoms with E-state index >= 15 is 0 Å². The largest absolute Gasteiger partial charge is 0.497 e. The number of carbonyl (C=O) groups is 4. The van der Waals surface area contributed by atoms with Crippen LogP contribution in [0.15, 0.2) is 55.1 Å². The van der Waals surface area contributed by atoms with E-state index in [1.165, 1.54) is 18.9 Å². The highest BCUT2D eigenvalue weighted by Gasteiger charge is 2.63. The molecule has 20 heteroatoms. The molecule has 4 aliphatic rings. The molecular weight excluding hydrogens is 836 g/mol. The Labute approximate surface area is 357 Å². The average molecular weight is 888 g/mol. The number of carbonyl (C=O) groups excluding carboxylic acids is 4. The summed E-state index contributed by atoms with van der Waals surface area (Å²) in [6.07, 6.45) is 4.38. The monoisotopic (exact) mass is 887 g/mol. The Hall–Kier alpha value is -5.40. The number of amides is 4. The highest BCUT2D eigenvalue weighted by molar-refractivity contribution is 7.91. The number of alkyl halides is 3. The first-order valence-corrected chi connectivity index (χ1v) is 22.2. The fourth-order valence-corrected chi connectivity index (χ4v) is 9.39. The molecule has 3 N–H and O–H groups in total. The maximum absolute atomic E-state index is 15.0. The summed E-state index contributed by atoms with van der Waals surface area (Å²) in [4.78, 5) is 67.0. The number of benzene rings is 1. The second-order valence-corrected chi connectivity index (χ2v) is 19.6. The van der Waals surface area contributed by atoms with Crippen molar-refractivity contribution in [1.29, 1.82) is 0 Å². The molecule has 3 fully saturated rings. The van der Waals surface area contributed by atoms with Crippen molar-refractivity contribution in [2.75, 3.05) is 13.7 Å². The lowest BCUT2D eigenvalue weighted by molar-refractivity contribution is -0.244. The number of pyridine rings is 1. The van der Waals surface area contributed by atoms with Crippen molar-refractivity contribution in [3.05, 3.63) is 55.1 Å². The quantitative estimate of drug-likeness (QED) is 0.225. The number of methoxy groups -OCH3 is 1. The molecule has 16 nitrogen and oxygen atoms in total. The smallest absolute Gasteiger partial charge is 0.427 e. The number of nitrogens with one attached hydrogen (secondary N) is 3. The third-order valence-corrected chi connectivity index (χ3v) is 14.8. The van der Waals surface area contributed by atoms with Gasteiger partial charge in [-0.15, -0.1) is 0 Å². The Balaban J connectivity index is 1.26. The van der Waals surface area contributed by atoms with Crippen molar-refractivity contribution in [2.24, 2.45) is 11.8 Å². The molecule has 1 aromatic carbocycles. The Bertz CT molecular complexity index is 2350. The first-order valence-electron chi connectivity index (χ1n) is 20.8. The second-order valence-electron chi connectivity index (χ2n) is 17.4. The molecule has 2 aliphatic carbocycles. The Morgan fingerprint density at radius 2 is 1.87 bits per heavy atom. The van der Waals surface area contributed by atoms with Crippen molar-refractivity contribution in [2.45, 2.75) is 126 Å². The van der Waals surface area contributed by atoms with E-state index in [0.717, 1.165) is 0 Å². The number of aromatic nitrogens is 3. The molecule has 2 saturated carbocycles. The summed E-state index contributed by atoms with van der Waals surface area (Å²) in [6, 6.07) is 4.09. The SMILES string of the molecule is CC[C@@H]1CCCC/C=C\[C@@H]2C[C@@]2(C(=O)NS(=O)(=O)C2(C)CC2)NC(=O)[C@@H]2C[C@@H](Oc3cc(-n4ccnc4)nc4cc(OC)ccc34)CN2C(=O)[C@H]1NC(=O)OC(C)(C)C(F)(F)F. The molecule has 0 radical (unpaired) electrons. The number of hydrogen-bond donors (Lipinski definition) is 3. The normalized spacial score (nSPS) is 27.1. The summed E-state index contributed by atoms with van der Waals surface area (Å²) in [6.45, 7) is 4.51. The van der Waals surface area contributed by atoms with Crippen molar-refractivity contribution in [1.82, 2.24) is 34.8 Å². The lowest BCUT2D eigenvalue weighted by atomic mass is 9.89. The second kappa shape index (κ2) is 16.7. The average Bonchev–Trinajstić information content (AvgIpc) is 3.96. The lowest BCUT2D eigenvalue weighted by Gasteiger charge is -2.34. The van der Waals surface area contributed by atoms with Crippen molar-refractivity contribution >= 4 is 44.7 Å². The van der Waals surface area contributed by atoms with Crippen LogP contribution in [0.5, 0.6) is 11.5 Å². The zero-order valence-electron chi connectivity index (χ0n) is 35.2. The summed E-state index contributed by atoms with van der Waals surface area (Å²) in [5.74, 6) is -2.28. The number of imidazole rings is 1. The zero-order valence-corrected chi connectivity index (χ0v) is 36.0. The van der Waals surface area contributed by atoms with Gasteiger partial charge in [-0.2, -0.15) is 13.2 Å². The van der Waals surface area contributed by atoms with E-state index in [2.05, 4.69) is 20.3 Å². The predicted molar refractivity (Wildman–Crippen MR) is 219 cm³/mol. The maximum Gasteiger partial charge on any atom is 0.427 e. The third kappa shape index (κ3) is 8.92. The van der Waals surface area contributed by atoms with Crippen molar-refractivity contribution in [3.63, 3.8) is 0 Å². The van der Waals surface area contributed by atoms with Crippen LogP contribution < -0.4 is 24.8 Å². The van der Waals surface area contributed by atoms with Gasteiger partial charge < -0.3 is 29.7 Å². The fraction of sp³-hybridized carbons (Fsp3) is 0.571. The van der Waals surface area contributed by atoms with Crippen LogP contribution >= 0.6 is 0 Å². The molecule has 0 unspecified atom stereocenters. The van der Waals surface area contributed by atoms with E-state index in [4.69, 9.17) is 19.2 Å². The van der Waals surface area contributed by atoms with Gasteiger partial charge in [0.05, 0.1) is 23.9 Å². The number of alkyl carbamates (subject to hydrolysis) is 1. The van der Waals surface area contributed by atoms with Gasteiger partial charge in [0, 0.05) is 42.3 Å². The summed E-state index contributed by atoms with van der Waals surface area (Å²) in [5, 5.41) is 5.82. The van der Waals surface area contributed by atoms with Crippen molar-refractivity contribution in [3.8, 4) is 17.3 Å². The first-order chi connectivity index (χ1) is 29.2. The molecule has 336 valence electrons. The Morgan fingerprint density at radius 1 is 1.11 bits per heavy atom. The molecular formula is C42H52F3N7O9S. The van der Waals surface area contributed by atoms with Gasteiger partial charge in [-0.05, 0) is 77.3 Å². The highest BCUT2D eigenvalue weighted by atomic mass is 32.2. The molecule has 4 heterocycles. The van der Waals surface area contributed by atoms with Gasteiger partial charge in [-0.25, -0.2) is 23.2 Å². The van der Waals surface area contributed by atoms with Gasteiger partial charge in [-0.3, -0.25) is 23.7 Å². The van der Waals surface area contributed by atoms with E-state index in [0.29, 0.717) is 87.0 Å². The highest BCUT2D eigenvalue weighted by Crippen LogP contribution is 2.48. The molecule has 2 aromatic heterocycles. The number of fused-ring (bicyclic) bond motifs is 3. The number of nitrogens with zero attached hydrogens (tertiary/aromatic N) is 4.